The fourth-order valence-electron chi connectivity index (χ4n) is 1.99. The summed E-state index contributed by atoms with van der Waals surface area (Å²) < 4.78 is 9.37. The average Bonchev–Trinajstić information content (AvgIpc) is 3.06. The Bertz CT molecular complexity index is 603. The van der Waals surface area contributed by atoms with Crippen LogP contribution in [0.4, 0.5) is 5.00 Å². The number of nitrogens with one attached hydrogen (secondary N) is 1. The largest absolute Gasteiger partial charge is 0.462 e. The van der Waals surface area contributed by atoms with Gasteiger partial charge in [0.15, 0.2) is 0 Å². The van der Waals surface area contributed by atoms with Gasteiger partial charge in [0, 0.05) is 16.8 Å². The standard InChI is InChI=1S/C15H20N2O2S2/c1-5-19-14(18)12-10(2)17-21-13(12)16-9-15(3,4)11-7-6-8-20-11/h6-8,16H,5,9H2,1-4H3. The normalized spacial score (nSPS) is 11.4. The van der Waals surface area contributed by atoms with E-state index in [1.54, 1.807) is 18.3 Å². The summed E-state index contributed by atoms with van der Waals surface area (Å²) in [5.41, 5.74) is 1.27. The van der Waals surface area contributed by atoms with Crippen molar-refractivity contribution in [3.05, 3.63) is 33.6 Å². The molecule has 4 nitrogen and oxygen atoms in total. The van der Waals surface area contributed by atoms with Crippen LogP contribution >= 0.6 is 22.9 Å². The minimum atomic E-state index is -0.305. The first-order chi connectivity index (χ1) is 9.95. The zero-order valence-corrected chi connectivity index (χ0v) is 14.4. The highest BCUT2D eigenvalue weighted by Gasteiger charge is 2.24. The number of carbonyl (C=O) groups excluding carboxylic acids is 1. The Morgan fingerprint density at radius 2 is 2.24 bits per heavy atom. The fraction of sp³-hybridized carbons (Fsp3) is 0.467. The Labute approximate surface area is 133 Å². The number of thiophene rings is 1. The Morgan fingerprint density at radius 1 is 1.48 bits per heavy atom. The van der Waals surface area contributed by atoms with E-state index in [1.807, 2.05) is 6.92 Å². The Balaban J connectivity index is 2.12. The lowest BCUT2D eigenvalue weighted by atomic mass is 9.91. The molecular weight excluding hydrogens is 304 g/mol. The predicted octanol–water partition coefficient (Wildman–Crippen LogP) is 4.08. The first kappa shape index (κ1) is 16.0. The maximum atomic E-state index is 12.0. The number of aromatic nitrogens is 1. The molecule has 0 fully saturated rings. The molecule has 21 heavy (non-hydrogen) atoms. The van der Waals surface area contributed by atoms with E-state index in [0.717, 1.165) is 17.2 Å². The quantitative estimate of drug-likeness (QED) is 0.814. The van der Waals surface area contributed by atoms with Gasteiger partial charge in [-0.05, 0) is 36.8 Å². The number of nitrogens with zero attached hydrogens (tertiary/aromatic N) is 1. The number of anilines is 1. The van der Waals surface area contributed by atoms with Crippen LogP contribution in [0.1, 0.15) is 41.7 Å². The van der Waals surface area contributed by atoms with Crippen LogP contribution in [0.3, 0.4) is 0 Å². The topological polar surface area (TPSA) is 51.2 Å². The summed E-state index contributed by atoms with van der Waals surface area (Å²) in [4.78, 5) is 13.3. The first-order valence-electron chi connectivity index (χ1n) is 6.87. The van der Waals surface area contributed by atoms with Gasteiger partial charge in [0.05, 0.1) is 12.3 Å². The van der Waals surface area contributed by atoms with Crippen molar-refractivity contribution in [2.75, 3.05) is 18.5 Å². The molecule has 0 bridgehead atoms. The van der Waals surface area contributed by atoms with E-state index in [9.17, 15) is 4.79 Å². The van der Waals surface area contributed by atoms with Crippen molar-refractivity contribution in [1.29, 1.82) is 0 Å². The molecule has 0 saturated heterocycles. The SMILES string of the molecule is CCOC(=O)c1c(C)nsc1NCC(C)(C)c1cccs1. The molecule has 0 aliphatic heterocycles. The molecule has 2 aromatic heterocycles. The van der Waals surface area contributed by atoms with Crippen LogP contribution in [0.15, 0.2) is 17.5 Å². The lowest BCUT2D eigenvalue weighted by Gasteiger charge is -2.24. The highest BCUT2D eigenvalue weighted by molar-refractivity contribution is 7.10. The van der Waals surface area contributed by atoms with Gasteiger partial charge in [0.25, 0.3) is 0 Å². The highest BCUT2D eigenvalue weighted by atomic mass is 32.1. The van der Waals surface area contributed by atoms with Gasteiger partial charge in [-0.1, -0.05) is 19.9 Å². The van der Waals surface area contributed by atoms with E-state index in [-0.39, 0.29) is 11.4 Å². The van der Waals surface area contributed by atoms with Crippen molar-refractivity contribution >= 4 is 33.8 Å². The molecule has 0 saturated carbocycles. The molecule has 0 radical (unpaired) electrons. The van der Waals surface area contributed by atoms with Crippen LogP contribution in [0.5, 0.6) is 0 Å². The zero-order chi connectivity index (χ0) is 15.5. The third kappa shape index (κ3) is 3.63. The van der Waals surface area contributed by atoms with E-state index < -0.39 is 0 Å². The van der Waals surface area contributed by atoms with Crippen molar-refractivity contribution in [2.24, 2.45) is 0 Å². The third-order valence-electron chi connectivity index (χ3n) is 3.22. The molecule has 2 heterocycles. The van der Waals surface area contributed by atoms with Gasteiger partial charge in [-0.2, -0.15) is 4.37 Å². The number of hydrogen-bond donors (Lipinski definition) is 1. The zero-order valence-electron chi connectivity index (χ0n) is 12.7. The molecule has 0 spiro atoms. The maximum Gasteiger partial charge on any atom is 0.343 e. The fourth-order valence-corrected chi connectivity index (χ4v) is 3.62. The summed E-state index contributed by atoms with van der Waals surface area (Å²) in [5, 5.41) is 6.23. The molecule has 0 aromatic carbocycles. The molecule has 114 valence electrons. The number of hydrogen-bond acceptors (Lipinski definition) is 6. The van der Waals surface area contributed by atoms with E-state index in [1.165, 1.54) is 16.4 Å². The number of rotatable bonds is 6. The lowest BCUT2D eigenvalue weighted by Crippen LogP contribution is -2.26. The molecule has 0 aliphatic rings. The van der Waals surface area contributed by atoms with Gasteiger partial charge in [0.1, 0.15) is 10.6 Å². The third-order valence-corrected chi connectivity index (χ3v) is 5.35. The smallest absolute Gasteiger partial charge is 0.343 e. The average molecular weight is 324 g/mol. The van der Waals surface area contributed by atoms with Crippen molar-refractivity contribution in [2.45, 2.75) is 33.1 Å². The van der Waals surface area contributed by atoms with Crippen molar-refractivity contribution in [1.82, 2.24) is 4.37 Å². The molecule has 0 aliphatic carbocycles. The molecule has 2 rings (SSSR count). The minimum absolute atomic E-state index is 0.00199. The van der Waals surface area contributed by atoms with Gasteiger partial charge in [-0.15, -0.1) is 11.3 Å². The minimum Gasteiger partial charge on any atom is -0.462 e. The van der Waals surface area contributed by atoms with E-state index >= 15 is 0 Å². The maximum absolute atomic E-state index is 12.0. The van der Waals surface area contributed by atoms with Gasteiger partial charge >= 0.3 is 5.97 Å². The van der Waals surface area contributed by atoms with Gasteiger partial charge in [0.2, 0.25) is 0 Å². The molecule has 1 N–H and O–H groups in total. The van der Waals surface area contributed by atoms with Gasteiger partial charge < -0.3 is 10.1 Å². The molecule has 0 atom stereocenters. The number of ether oxygens (including phenoxy) is 1. The van der Waals surface area contributed by atoms with Crippen LogP contribution < -0.4 is 5.32 Å². The van der Waals surface area contributed by atoms with Crippen molar-refractivity contribution < 1.29 is 9.53 Å². The monoisotopic (exact) mass is 324 g/mol. The Hall–Kier alpha value is -1.40. The number of aryl methyl sites for hydroxylation is 1. The first-order valence-corrected chi connectivity index (χ1v) is 8.52. The molecule has 0 unspecified atom stereocenters. The van der Waals surface area contributed by atoms with E-state index in [0.29, 0.717) is 12.2 Å². The van der Waals surface area contributed by atoms with Gasteiger partial charge in [-0.3, -0.25) is 0 Å². The second-order valence-electron chi connectivity index (χ2n) is 5.41. The molecule has 6 heteroatoms. The summed E-state index contributed by atoms with van der Waals surface area (Å²) in [6.07, 6.45) is 0. The highest BCUT2D eigenvalue weighted by Crippen LogP contribution is 2.30. The van der Waals surface area contributed by atoms with Crippen LogP contribution in [-0.4, -0.2) is 23.5 Å². The van der Waals surface area contributed by atoms with E-state index in [4.69, 9.17) is 4.74 Å². The summed E-state index contributed by atoms with van der Waals surface area (Å²) in [6.45, 7) is 9.11. The van der Waals surface area contributed by atoms with Crippen LogP contribution in [-0.2, 0) is 10.2 Å². The van der Waals surface area contributed by atoms with Crippen LogP contribution in [0.25, 0.3) is 0 Å². The second-order valence-corrected chi connectivity index (χ2v) is 7.13. The van der Waals surface area contributed by atoms with Crippen LogP contribution in [0, 0.1) is 6.92 Å². The van der Waals surface area contributed by atoms with Crippen molar-refractivity contribution in [3.63, 3.8) is 0 Å². The number of carbonyl (C=O) groups is 1. The summed E-state index contributed by atoms with van der Waals surface area (Å²) in [5.74, 6) is -0.305. The predicted molar refractivity (Wildman–Crippen MR) is 88.6 cm³/mol. The van der Waals surface area contributed by atoms with Crippen molar-refractivity contribution in [3.8, 4) is 0 Å². The molecular formula is C15H20N2O2S2. The summed E-state index contributed by atoms with van der Waals surface area (Å²) >= 11 is 3.05. The van der Waals surface area contributed by atoms with Gasteiger partial charge in [-0.25, -0.2) is 4.79 Å². The second kappa shape index (κ2) is 6.58. The summed E-state index contributed by atoms with van der Waals surface area (Å²) in [6, 6.07) is 4.19. The number of esters is 1. The summed E-state index contributed by atoms with van der Waals surface area (Å²) in [7, 11) is 0. The Kier molecular flexibility index (Phi) is 5.00. The molecule has 2 aromatic rings. The van der Waals surface area contributed by atoms with E-state index in [2.05, 4.69) is 41.1 Å². The lowest BCUT2D eigenvalue weighted by molar-refractivity contribution is 0.0527. The molecule has 0 amide bonds. The van der Waals surface area contributed by atoms with Crippen LogP contribution in [0.2, 0.25) is 0 Å². The Morgan fingerprint density at radius 3 is 2.86 bits per heavy atom.